The van der Waals surface area contributed by atoms with Gasteiger partial charge >= 0.3 is 0 Å². The molecule has 1 fully saturated rings. The van der Waals surface area contributed by atoms with Crippen LogP contribution >= 0.6 is 0 Å². The van der Waals surface area contributed by atoms with E-state index in [9.17, 15) is 0 Å². The number of nitrogens with two attached hydrogens (primary N) is 1. The van der Waals surface area contributed by atoms with Gasteiger partial charge in [-0.05, 0) is 51.0 Å². The van der Waals surface area contributed by atoms with Gasteiger partial charge in [0.05, 0.1) is 0 Å². The summed E-state index contributed by atoms with van der Waals surface area (Å²) in [5, 5.41) is 0. The van der Waals surface area contributed by atoms with Crippen molar-refractivity contribution in [2.45, 2.75) is 31.7 Å². The standard InChI is InChI=1S/C14H22N2/c1-11-5-3-4-6-12(11)13-7-9-16(2)10-8-14(13)15/h3-6,13-14H,7-10,15H2,1-2H3. The normalized spacial score (nSPS) is 27.7. The highest BCUT2D eigenvalue weighted by molar-refractivity contribution is 5.30. The molecule has 0 aromatic heterocycles. The predicted octanol–water partition coefficient (Wildman–Crippen LogP) is 2.13. The number of rotatable bonds is 1. The number of hydrogen-bond donors (Lipinski definition) is 1. The van der Waals surface area contributed by atoms with E-state index in [1.807, 2.05) is 0 Å². The third kappa shape index (κ3) is 2.45. The van der Waals surface area contributed by atoms with Crippen LogP contribution in [0.5, 0.6) is 0 Å². The first-order valence-electron chi connectivity index (χ1n) is 6.18. The lowest BCUT2D eigenvalue weighted by molar-refractivity contribution is 0.346. The van der Waals surface area contributed by atoms with Gasteiger partial charge in [0.15, 0.2) is 0 Å². The molecule has 2 heteroatoms. The summed E-state index contributed by atoms with van der Waals surface area (Å²) in [6.07, 6.45) is 2.29. The van der Waals surface area contributed by atoms with Crippen molar-refractivity contribution in [1.29, 1.82) is 0 Å². The van der Waals surface area contributed by atoms with Crippen LogP contribution in [-0.2, 0) is 0 Å². The van der Waals surface area contributed by atoms with Crippen LogP contribution in [-0.4, -0.2) is 31.1 Å². The molecule has 2 rings (SSSR count). The molecule has 0 aliphatic carbocycles. The van der Waals surface area contributed by atoms with E-state index in [1.54, 1.807) is 0 Å². The monoisotopic (exact) mass is 218 g/mol. The summed E-state index contributed by atoms with van der Waals surface area (Å²) in [6.45, 7) is 4.48. The fourth-order valence-corrected chi connectivity index (χ4v) is 2.64. The van der Waals surface area contributed by atoms with Crippen LogP contribution in [0.3, 0.4) is 0 Å². The molecular weight excluding hydrogens is 196 g/mol. The number of hydrogen-bond acceptors (Lipinski definition) is 2. The van der Waals surface area contributed by atoms with Crippen LogP contribution in [0.2, 0.25) is 0 Å². The second-order valence-electron chi connectivity index (χ2n) is 5.01. The molecule has 1 aliphatic heterocycles. The topological polar surface area (TPSA) is 29.3 Å². The minimum absolute atomic E-state index is 0.311. The maximum absolute atomic E-state index is 6.32. The van der Waals surface area contributed by atoms with Gasteiger partial charge in [-0.1, -0.05) is 24.3 Å². The van der Waals surface area contributed by atoms with E-state index >= 15 is 0 Å². The Bertz CT molecular complexity index is 348. The van der Waals surface area contributed by atoms with Gasteiger partial charge in [0, 0.05) is 12.0 Å². The van der Waals surface area contributed by atoms with Crippen molar-refractivity contribution in [2.75, 3.05) is 20.1 Å². The fourth-order valence-electron chi connectivity index (χ4n) is 2.64. The van der Waals surface area contributed by atoms with Gasteiger partial charge in [-0.2, -0.15) is 0 Å². The highest BCUT2D eigenvalue weighted by Crippen LogP contribution is 2.29. The van der Waals surface area contributed by atoms with Gasteiger partial charge in [-0.25, -0.2) is 0 Å². The van der Waals surface area contributed by atoms with E-state index < -0.39 is 0 Å². The third-order valence-electron chi connectivity index (χ3n) is 3.77. The predicted molar refractivity (Wildman–Crippen MR) is 68.6 cm³/mol. The van der Waals surface area contributed by atoms with Gasteiger partial charge in [-0.3, -0.25) is 0 Å². The minimum Gasteiger partial charge on any atom is -0.327 e. The molecule has 1 aromatic carbocycles. The summed E-state index contributed by atoms with van der Waals surface area (Å²) in [5.74, 6) is 0.533. The van der Waals surface area contributed by atoms with Crippen molar-refractivity contribution in [3.8, 4) is 0 Å². The summed E-state index contributed by atoms with van der Waals surface area (Å²) in [7, 11) is 2.19. The van der Waals surface area contributed by atoms with Crippen molar-refractivity contribution in [2.24, 2.45) is 5.73 Å². The molecule has 2 unspecified atom stereocenters. The Balaban J connectivity index is 2.22. The molecule has 0 bridgehead atoms. The smallest absolute Gasteiger partial charge is 0.0121 e. The Morgan fingerprint density at radius 3 is 2.62 bits per heavy atom. The number of benzene rings is 1. The third-order valence-corrected chi connectivity index (χ3v) is 3.77. The lowest BCUT2D eigenvalue weighted by Gasteiger charge is -2.23. The molecule has 1 aromatic rings. The number of likely N-dealkylation sites (tertiary alicyclic amines) is 1. The number of aryl methyl sites for hydroxylation is 1. The lowest BCUT2D eigenvalue weighted by Crippen LogP contribution is -2.29. The average Bonchev–Trinajstić information content (AvgIpc) is 2.43. The first-order chi connectivity index (χ1) is 7.68. The molecule has 0 saturated carbocycles. The van der Waals surface area contributed by atoms with E-state index in [-0.39, 0.29) is 0 Å². The van der Waals surface area contributed by atoms with Crippen molar-refractivity contribution >= 4 is 0 Å². The van der Waals surface area contributed by atoms with Crippen LogP contribution in [0, 0.1) is 6.92 Å². The zero-order valence-corrected chi connectivity index (χ0v) is 10.3. The lowest BCUT2D eigenvalue weighted by atomic mass is 9.86. The van der Waals surface area contributed by atoms with Crippen LogP contribution < -0.4 is 5.73 Å². The van der Waals surface area contributed by atoms with Crippen LogP contribution in [0.25, 0.3) is 0 Å². The molecule has 1 heterocycles. The molecule has 0 amide bonds. The first-order valence-corrected chi connectivity index (χ1v) is 6.18. The summed E-state index contributed by atoms with van der Waals surface area (Å²) in [5.41, 5.74) is 9.15. The Kier molecular flexibility index (Phi) is 3.62. The zero-order chi connectivity index (χ0) is 11.5. The molecule has 1 aliphatic rings. The van der Waals surface area contributed by atoms with Crippen molar-refractivity contribution in [3.05, 3.63) is 35.4 Å². The Labute approximate surface area is 98.4 Å². The van der Waals surface area contributed by atoms with Crippen molar-refractivity contribution < 1.29 is 0 Å². The molecule has 16 heavy (non-hydrogen) atoms. The van der Waals surface area contributed by atoms with Crippen molar-refractivity contribution in [1.82, 2.24) is 4.90 Å². The quantitative estimate of drug-likeness (QED) is 0.782. The Hall–Kier alpha value is -0.860. The molecule has 2 nitrogen and oxygen atoms in total. The molecular formula is C14H22N2. The zero-order valence-electron chi connectivity index (χ0n) is 10.3. The average molecular weight is 218 g/mol. The summed E-state index contributed by atoms with van der Waals surface area (Å²) >= 11 is 0. The molecule has 2 N–H and O–H groups in total. The van der Waals surface area contributed by atoms with Gasteiger partial charge in [0.2, 0.25) is 0 Å². The largest absolute Gasteiger partial charge is 0.327 e. The van der Waals surface area contributed by atoms with E-state index in [0.29, 0.717) is 12.0 Å². The Morgan fingerprint density at radius 1 is 1.19 bits per heavy atom. The fraction of sp³-hybridized carbons (Fsp3) is 0.571. The minimum atomic E-state index is 0.311. The highest BCUT2D eigenvalue weighted by atomic mass is 15.1. The second-order valence-corrected chi connectivity index (χ2v) is 5.01. The Morgan fingerprint density at radius 2 is 1.88 bits per heavy atom. The van der Waals surface area contributed by atoms with E-state index in [1.165, 1.54) is 17.5 Å². The summed E-state index contributed by atoms with van der Waals surface area (Å²) in [6, 6.07) is 8.98. The van der Waals surface area contributed by atoms with Gasteiger partial charge < -0.3 is 10.6 Å². The molecule has 2 atom stereocenters. The SMILES string of the molecule is Cc1ccccc1C1CCN(C)CCC1N. The highest BCUT2D eigenvalue weighted by Gasteiger charge is 2.24. The van der Waals surface area contributed by atoms with E-state index in [4.69, 9.17) is 5.73 Å². The summed E-state index contributed by atoms with van der Waals surface area (Å²) < 4.78 is 0. The van der Waals surface area contributed by atoms with Gasteiger partial charge in [0.25, 0.3) is 0 Å². The summed E-state index contributed by atoms with van der Waals surface area (Å²) in [4.78, 5) is 2.39. The number of nitrogens with zero attached hydrogens (tertiary/aromatic N) is 1. The van der Waals surface area contributed by atoms with Crippen LogP contribution in [0.4, 0.5) is 0 Å². The van der Waals surface area contributed by atoms with E-state index in [0.717, 1.165) is 19.5 Å². The van der Waals surface area contributed by atoms with Gasteiger partial charge in [0.1, 0.15) is 0 Å². The molecule has 0 spiro atoms. The maximum atomic E-state index is 6.32. The maximum Gasteiger partial charge on any atom is 0.0121 e. The van der Waals surface area contributed by atoms with Crippen LogP contribution in [0.15, 0.2) is 24.3 Å². The molecule has 0 radical (unpaired) electrons. The van der Waals surface area contributed by atoms with Crippen molar-refractivity contribution in [3.63, 3.8) is 0 Å². The second kappa shape index (κ2) is 4.98. The van der Waals surface area contributed by atoms with E-state index in [2.05, 4.69) is 43.1 Å². The molecule has 88 valence electrons. The first kappa shape index (κ1) is 11.6. The van der Waals surface area contributed by atoms with Gasteiger partial charge in [-0.15, -0.1) is 0 Å². The molecule has 1 saturated heterocycles. The van der Waals surface area contributed by atoms with Crippen LogP contribution in [0.1, 0.15) is 29.9 Å².